The molecule has 0 bridgehead atoms. The summed E-state index contributed by atoms with van der Waals surface area (Å²) in [5, 5.41) is -0.863. The van der Waals surface area contributed by atoms with Crippen LogP contribution >= 0.6 is 15.9 Å². The van der Waals surface area contributed by atoms with Crippen LogP contribution in [0.4, 0.5) is 0 Å². The van der Waals surface area contributed by atoms with Crippen LogP contribution in [0.2, 0.25) is 0 Å². The van der Waals surface area contributed by atoms with E-state index in [9.17, 15) is 43.2 Å². The molecule has 10 atom stereocenters. The average molecular weight is 802 g/mol. The number of esters is 9. The van der Waals surface area contributed by atoms with E-state index in [2.05, 4.69) is 15.9 Å². The van der Waals surface area contributed by atoms with Crippen molar-refractivity contribution in [1.29, 1.82) is 0 Å². The highest BCUT2D eigenvalue weighted by molar-refractivity contribution is 9.09. The predicted molar refractivity (Wildman–Crippen MR) is 165 cm³/mol. The van der Waals surface area contributed by atoms with Crippen LogP contribution < -0.4 is 0 Å². The van der Waals surface area contributed by atoms with E-state index in [1.54, 1.807) is 0 Å². The molecule has 2 aliphatic heterocycles. The molecule has 0 aromatic carbocycles. The largest absolute Gasteiger partial charge is 0.463 e. The van der Waals surface area contributed by atoms with Crippen molar-refractivity contribution in [3.8, 4) is 0 Å². The molecule has 2 saturated heterocycles. The molecule has 0 aromatic rings. The summed E-state index contributed by atoms with van der Waals surface area (Å²) in [6.07, 6.45) is -10.9. The van der Waals surface area contributed by atoms with Crippen LogP contribution in [0.5, 0.6) is 0 Å². The molecule has 2 fully saturated rings. The number of hydrogen-bond donors (Lipinski definition) is 0. The first-order valence-electron chi connectivity index (χ1n) is 15.0. The van der Waals surface area contributed by atoms with Gasteiger partial charge in [-0.3, -0.25) is 43.2 Å². The zero-order valence-electron chi connectivity index (χ0n) is 29.2. The van der Waals surface area contributed by atoms with E-state index in [0.29, 0.717) is 0 Å². The number of alkyl halides is 1. The molecule has 0 amide bonds. The van der Waals surface area contributed by atoms with Gasteiger partial charge in [-0.05, 0) is 0 Å². The highest BCUT2D eigenvalue weighted by Crippen LogP contribution is 2.32. The van der Waals surface area contributed by atoms with Crippen LogP contribution in [-0.2, 0) is 95.3 Å². The number of ether oxygens (including phenoxy) is 11. The first kappa shape index (κ1) is 44.7. The maximum absolute atomic E-state index is 11.5. The second-order valence-electron chi connectivity index (χ2n) is 10.7. The molecule has 0 radical (unpaired) electrons. The van der Waals surface area contributed by atoms with Gasteiger partial charge in [0.05, 0.1) is 0 Å². The Morgan fingerprint density at radius 2 is 0.686 bits per heavy atom. The zero-order chi connectivity index (χ0) is 39.2. The smallest absolute Gasteiger partial charge is 0.305 e. The Labute approximate surface area is 300 Å². The van der Waals surface area contributed by atoms with Crippen LogP contribution in [0.1, 0.15) is 62.3 Å². The fraction of sp³-hybridized carbons (Fsp3) is 0.700. The fourth-order valence-electron chi connectivity index (χ4n) is 4.62. The van der Waals surface area contributed by atoms with Gasteiger partial charge >= 0.3 is 53.7 Å². The van der Waals surface area contributed by atoms with Gasteiger partial charge in [0.15, 0.2) is 35.5 Å². The standard InChI is InChI=1S/C16H22O11.C14H19BrO9/c1-7(17)22-6-12-13(23-8(2)18)14(24-9(3)19)15(25-10(4)20)16(27-12)26-11(5)21;1-6(16)20-5-10-11(21-7(2)17)12(22-8(3)18)13(14(15)24-10)23-9(4)19/h12-16H,6H2,1-5H3;10-14H,5H2,1-4H3/t12?,13?,14?,15?,16-;/m0./s1. The lowest BCUT2D eigenvalue weighted by Crippen LogP contribution is -2.63. The highest BCUT2D eigenvalue weighted by Gasteiger charge is 2.54. The second kappa shape index (κ2) is 21.1. The minimum Gasteiger partial charge on any atom is -0.463 e. The fourth-order valence-corrected chi connectivity index (χ4v) is 5.31. The van der Waals surface area contributed by atoms with Gasteiger partial charge in [0, 0.05) is 62.3 Å². The number of rotatable bonds is 11. The molecule has 51 heavy (non-hydrogen) atoms. The van der Waals surface area contributed by atoms with Crippen molar-refractivity contribution in [2.45, 2.75) is 122 Å². The molecule has 0 saturated carbocycles. The van der Waals surface area contributed by atoms with Gasteiger partial charge in [0.2, 0.25) is 12.4 Å². The van der Waals surface area contributed by atoms with Gasteiger partial charge in [-0.15, -0.1) is 0 Å². The van der Waals surface area contributed by atoms with Crippen LogP contribution in [0.15, 0.2) is 0 Å². The molecule has 288 valence electrons. The minimum absolute atomic E-state index is 0.236. The summed E-state index contributed by atoms with van der Waals surface area (Å²) < 4.78 is 56.7. The second-order valence-corrected chi connectivity index (χ2v) is 11.6. The Hall–Kier alpha value is -4.37. The van der Waals surface area contributed by atoms with Crippen molar-refractivity contribution in [3.05, 3.63) is 0 Å². The lowest BCUT2D eigenvalue weighted by molar-refractivity contribution is -0.300. The predicted octanol–water partition coefficient (Wildman–Crippen LogP) is 0.0970. The van der Waals surface area contributed by atoms with E-state index in [4.69, 9.17) is 52.1 Å². The van der Waals surface area contributed by atoms with E-state index in [-0.39, 0.29) is 6.61 Å². The van der Waals surface area contributed by atoms with E-state index in [1.807, 2.05) is 0 Å². The third-order valence-electron chi connectivity index (χ3n) is 6.16. The Bertz CT molecular complexity index is 1300. The molecule has 0 spiro atoms. The van der Waals surface area contributed by atoms with Crippen molar-refractivity contribution in [2.75, 3.05) is 13.2 Å². The summed E-state index contributed by atoms with van der Waals surface area (Å²) in [4.78, 5) is 102. The average Bonchev–Trinajstić information content (AvgIpc) is 2.96. The van der Waals surface area contributed by atoms with E-state index >= 15 is 0 Å². The van der Waals surface area contributed by atoms with Crippen molar-refractivity contribution >= 4 is 69.7 Å². The Morgan fingerprint density at radius 3 is 1.04 bits per heavy atom. The number of carbonyl (C=O) groups excluding carboxylic acids is 9. The van der Waals surface area contributed by atoms with Gasteiger partial charge in [-0.2, -0.15) is 0 Å². The van der Waals surface area contributed by atoms with Crippen molar-refractivity contribution < 1.29 is 95.3 Å². The van der Waals surface area contributed by atoms with Crippen LogP contribution in [-0.4, -0.2) is 127 Å². The SMILES string of the molecule is CC(=O)OCC1OC(Br)C(OC(C)=O)C(OC(C)=O)C1OC(C)=O.CC(=O)OCC1O[C@H](OC(C)=O)C(OC(C)=O)C(OC(C)=O)C1OC(C)=O. The lowest BCUT2D eigenvalue weighted by Gasteiger charge is -2.43. The van der Waals surface area contributed by atoms with Crippen molar-refractivity contribution in [3.63, 3.8) is 0 Å². The van der Waals surface area contributed by atoms with Crippen molar-refractivity contribution in [2.24, 2.45) is 0 Å². The quantitative estimate of drug-likeness (QED) is 0.152. The maximum Gasteiger partial charge on any atom is 0.305 e. The summed E-state index contributed by atoms with van der Waals surface area (Å²) in [5.74, 6) is -6.23. The first-order valence-corrected chi connectivity index (χ1v) is 16.0. The lowest BCUT2D eigenvalue weighted by atomic mass is 9.98. The first-order chi connectivity index (χ1) is 23.6. The number of carbonyl (C=O) groups is 9. The Kier molecular flexibility index (Phi) is 18.5. The van der Waals surface area contributed by atoms with E-state index < -0.39 is 120 Å². The topological polar surface area (TPSA) is 255 Å². The van der Waals surface area contributed by atoms with Gasteiger partial charge in [0.1, 0.15) is 25.4 Å². The molecule has 2 heterocycles. The number of hydrogen-bond acceptors (Lipinski definition) is 20. The Balaban J connectivity index is 0.000000514. The maximum atomic E-state index is 11.5. The molecule has 2 rings (SSSR count). The molecular formula is C30H41BrO20. The summed E-state index contributed by atoms with van der Waals surface area (Å²) in [7, 11) is 0. The highest BCUT2D eigenvalue weighted by atomic mass is 79.9. The van der Waals surface area contributed by atoms with Gasteiger partial charge < -0.3 is 52.1 Å². The summed E-state index contributed by atoms with van der Waals surface area (Å²) >= 11 is 3.18. The van der Waals surface area contributed by atoms with Crippen LogP contribution in [0, 0.1) is 0 Å². The summed E-state index contributed by atoms with van der Waals surface area (Å²) in [5.41, 5.74) is 0. The van der Waals surface area contributed by atoms with Gasteiger partial charge in [0.25, 0.3) is 0 Å². The molecule has 20 nitrogen and oxygen atoms in total. The summed E-state index contributed by atoms with van der Waals surface area (Å²) in [6, 6.07) is 0. The van der Waals surface area contributed by atoms with Crippen LogP contribution in [0.25, 0.3) is 0 Å². The van der Waals surface area contributed by atoms with Gasteiger partial charge in [-0.1, -0.05) is 15.9 Å². The van der Waals surface area contributed by atoms with Gasteiger partial charge in [-0.25, -0.2) is 0 Å². The third-order valence-corrected chi connectivity index (χ3v) is 6.90. The molecule has 0 aromatic heterocycles. The van der Waals surface area contributed by atoms with Crippen molar-refractivity contribution in [1.82, 2.24) is 0 Å². The molecule has 0 aliphatic carbocycles. The third kappa shape index (κ3) is 16.0. The molecule has 2 aliphatic rings. The molecule has 21 heteroatoms. The summed E-state index contributed by atoms with van der Waals surface area (Å²) in [6.45, 7) is 9.60. The number of halogens is 1. The molecular weight excluding hydrogens is 760 g/mol. The van der Waals surface area contributed by atoms with E-state index in [1.165, 1.54) is 13.8 Å². The molecule has 9 unspecified atom stereocenters. The zero-order valence-corrected chi connectivity index (χ0v) is 30.8. The van der Waals surface area contributed by atoms with Crippen LogP contribution in [0.3, 0.4) is 0 Å². The monoisotopic (exact) mass is 800 g/mol. The normalized spacial score (nSPS) is 28.1. The van der Waals surface area contributed by atoms with E-state index in [0.717, 1.165) is 48.5 Å². The Morgan fingerprint density at radius 1 is 0.392 bits per heavy atom. The minimum atomic E-state index is -1.48. The molecule has 0 N–H and O–H groups in total.